The summed E-state index contributed by atoms with van der Waals surface area (Å²) < 4.78 is 36.8. The van der Waals surface area contributed by atoms with E-state index >= 15 is 0 Å². The van der Waals surface area contributed by atoms with E-state index in [2.05, 4.69) is 5.32 Å². The van der Waals surface area contributed by atoms with E-state index < -0.39 is 14.6 Å². The number of hydrogen-bond acceptors (Lipinski definition) is 6. The topological polar surface area (TPSA) is 81.7 Å². The number of carbonyl (C=O) groups excluding carboxylic acids is 1. The normalized spacial score (nSPS) is 15.4. The summed E-state index contributed by atoms with van der Waals surface area (Å²) in [6.45, 7) is 0.789. The number of ether oxygens (including phenoxy) is 2. The SMILES string of the molecule is CS(=O)(=O)C1(c2ccc3sc(C(=O)Nc4cc(Cl)cc(Oc5ccc(Cl)cc5)c4)cc3c2)CCOCC1. The van der Waals surface area contributed by atoms with Crippen molar-refractivity contribution in [1.29, 1.82) is 0 Å². The molecule has 1 aromatic heterocycles. The van der Waals surface area contributed by atoms with Gasteiger partial charge in [0, 0.05) is 46.0 Å². The summed E-state index contributed by atoms with van der Waals surface area (Å²) in [5, 5.41) is 4.70. The molecule has 0 spiro atoms. The van der Waals surface area contributed by atoms with Gasteiger partial charge in [-0.05, 0) is 78.4 Å². The molecular weight excluding hydrogens is 553 g/mol. The van der Waals surface area contributed by atoms with Crippen molar-refractivity contribution in [1.82, 2.24) is 0 Å². The molecule has 0 unspecified atom stereocenters. The molecule has 0 saturated carbocycles. The van der Waals surface area contributed by atoms with Crippen LogP contribution in [-0.4, -0.2) is 33.8 Å². The number of hydrogen-bond donors (Lipinski definition) is 1. The first-order valence-corrected chi connectivity index (χ1v) is 15.0. The molecule has 1 aliphatic heterocycles. The first-order valence-electron chi connectivity index (χ1n) is 11.5. The lowest BCUT2D eigenvalue weighted by atomic mass is 9.90. The molecule has 1 N–H and O–H groups in total. The number of sulfone groups is 1. The van der Waals surface area contributed by atoms with E-state index in [4.69, 9.17) is 32.7 Å². The second-order valence-electron chi connectivity index (χ2n) is 8.93. The van der Waals surface area contributed by atoms with Crippen molar-refractivity contribution in [2.24, 2.45) is 0 Å². The van der Waals surface area contributed by atoms with Gasteiger partial charge in [0.15, 0.2) is 9.84 Å². The van der Waals surface area contributed by atoms with Gasteiger partial charge in [0.25, 0.3) is 5.91 Å². The Labute approximate surface area is 229 Å². The maximum Gasteiger partial charge on any atom is 0.265 e. The molecule has 4 aromatic rings. The summed E-state index contributed by atoms with van der Waals surface area (Å²) in [7, 11) is -3.38. The average Bonchev–Trinajstić information content (AvgIpc) is 3.29. The lowest BCUT2D eigenvalue weighted by molar-refractivity contribution is 0.0742. The lowest BCUT2D eigenvalue weighted by Crippen LogP contribution is -2.40. The predicted molar refractivity (Wildman–Crippen MR) is 149 cm³/mol. The predicted octanol–water partition coefficient (Wildman–Crippen LogP) is 7.30. The molecule has 0 radical (unpaired) electrons. The van der Waals surface area contributed by atoms with Gasteiger partial charge in [0.05, 0.1) is 4.88 Å². The highest BCUT2D eigenvalue weighted by Crippen LogP contribution is 2.41. The van der Waals surface area contributed by atoms with Crippen LogP contribution in [0.3, 0.4) is 0 Å². The van der Waals surface area contributed by atoms with Crippen LogP contribution >= 0.6 is 34.5 Å². The molecule has 1 aliphatic rings. The molecule has 1 fully saturated rings. The number of carbonyl (C=O) groups is 1. The van der Waals surface area contributed by atoms with Gasteiger partial charge in [0.2, 0.25) is 0 Å². The fourth-order valence-electron chi connectivity index (χ4n) is 4.54. The minimum Gasteiger partial charge on any atom is -0.457 e. The fourth-order valence-corrected chi connectivity index (χ4v) is 7.29. The van der Waals surface area contributed by atoms with Crippen LogP contribution in [0.25, 0.3) is 10.1 Å². The first-order chi connectivity index (χ1) is 17.6. The smallest absolute Gasteiger partial charge is 0.265 e. The fraction of sp³-hybridized carbons (Fsp3) is 0.222. The Bertz CT molecular complexity index is 1580. The largest absolute Gasteiger partial charge is 0.457 e. The molecule has 10 heteroatoms. The molecular formula is C27H23Cl2NO5S2. The third-order valence-electron chi connectivity index (χ3n) is 6.45. The Morgan fingerprint density at radius 1 is 0.946 bits per heavy atom. The number of anilines is 1. The number of benzene rings is 3. The number of amides is 1. The number of fused-ring (bicyclic) bond motifs is 1. The molecule has 5 rings (SSSR count). The van der Waals surface area contributed by atoms with E-state index in [-0.39, 0.29) is 5.91 Å². The van der Waals surface area contributed by atoms with Crippen LogP contribution in [0.15, 0.2) is 66.7 Å². The van der Waals surface area contributed by atoms with E-state index in [9.17, 15) is 13.2 Å². The van der Waals surface area contributed by atoms with Crippen LogP contribution in [0, 0.1) is 0 Å². The Morgan fingerprint density at radius 3 is 2.38 bits per heavy atom. The van der Waals surface area contributed by atoms with Gasteiger partial charge in [-0.2, -0.15) is 0 Å². The number of rotatable bonds is 6. The van der Waals surface area contributed by atoms with Crippen molar-refractivity contribution < 1.29 is 22.7 Å². The molecule has 0 bridgehead atoms. The zero-order valence-electron chi connectivity index (χ0n) is 19.8. The van der Waals surface area contributed by atoms with Crippen molar-refractivity contribution in [3.8, 4) is 11.5 Å². The zero-order valence-corrected chi connectivity index (χ0v) is 22.9. The van der Waals surface area contributed by atoms with Crippen molar-refractivity contribution in [3.63, 3.8) is 0 Å². The molecule has 1 amide bonds. The van der Waals surface area contributed by atoms with E-state index in [1.807, 2.05) is 18.2 Å². The molecule has 0 atom stereocenters. The molecule has 3 aromatic carbocycles. The van der Waals surface area contributed by atoms with Gasteiger partial charge >= 0.3 is 0 Å². The summed E-state index contributed by atoms with van der Waals surface area (Å²) >= 11 is 13.5. The van der Waals surface area contributed by atoms with Crippen LogP contribution in [-0.2, 0) is 19.3 Å². The summed E-state index contributed by atoms with van der Waals surface area (Å²) in [6, 6.07) is 19.3. The Morgan fingerprint density at radius 2 is 1.68 bits per heavy atom. The Balaban J connectivity index is 1.39. The monoisotopic (exact) mass is 575 g/mol. The maximum atomic E-state index is 13.1. The average molecular weight is 577 g/mol. The molecule has 6 nitrogen and oxygen atoms in total. The summed E-state index contributed by atoms with van der Waals surface area (Å²) in [6.07, 6.45) is 2.10. The highest BCUT2D eigenvalue weighted by molar-refractivity contribution is 7.91. The lowest BCUT2D eigenvalue weighted by Gasteiger charge is -2.36. The van der Waals surface area contributed by atoms with Crippen LogP contribution in [0.4, 0.5) is 5.69 Å². The van der Waals surface area contributed by atoms with Gasteiger partial charge in [-0.1, -0.05) is 29.3 Å². The van der Waals surface area contributed by atoms with Gasteiger partial charge in [-0.25, -0.2) is 8.42 Å². The molecule has 37 heavy (non-hydrogen) atoms. The van der Waals surface area contributed by atoms with Crippen molar-refractivity contribution in [3.05, 3.63) is 87.2 Å². The van der Waals surface area contributed by atoms with Crippen LogP contribution in [0.5, 0.6) is 11.5 Å². The zero-order chi connectivity index (χ0) is 26.2. The minimum absolute atomic E-state index is 0.300. The van der Waals surface area contributed by atoms with E-state index in [1.54, 1.807) is 48.5 Å². The number of nitrogens with one attached hydrogen (secondary N) is 1. The van der Waals surface area contributed by atoms with Crippen LogP contribution < -0.4 is 10.1 Å². The number of halogens is 2. The molecule has 1 saturated heterocycles. The van der Waals surface area contributed by atoms with Crippen LogP contribution in [0.1, 0.15) is 28.1 Å². The number of thiophene rings is 1. The summed E-state index contributed by atoms with van der Waals surface area (Å²) in [5.41, 5.74) is 1.22. The first kappa shape index (κ1) is 26.0. The Hall–Kier alpha value is -2.62. The van der Waals surface area contributed by atoms with E-state index in [0.717, 1.165) is 15.6 Å². The van der Waals surface area contributed by atoms with Crippen molar-refractivity contribution in [2.45, 2.75) is 17.6 Å². The molecule has 192 valence electrons. The summed E-state index contributed by atoms with van der Waals surface area (Å²) in [5.74, 6) is 0.751. The van der Waals surface area contributed by atoms with Gasteiger partial charge in [-0.3, -0.25) is 4.79 Å². The highest BCUT2D eigenvalue weighted by atomic mass is 35.5. The standard InChI is InChI=1S/C27H23Cl2NO5S2/c1-37(32,33)27(8-10-34-11-9-27)18-2-7-24-17(12-18)13-25(36-24)26(31)30-21-14-20(29)15-23(16-21)35-22-5-3-19(28)4-6-22/h2-7,12-16H,8-11H2,1H3,(H,30,31). The maximum absolute atomic E-state index is 13.1. The third-order valence-corrected chi connectivity index (χ3v) is 10.1. The van der Waals surface area contributed by atoms with Gasteiger partial charge < -0.3 is 14.8 Å². The summed E-state index contributed by atoms with van der Waals surface area (Å²) in [4.78, 5) is 13.6. The second-order valence-corrected chi connectivity index (χ2v) is 13.2. The Kier molecular flexibility index (Phi) is 7.22. The molecule has 0 aliphatic carbocycles. The van der Waals surface area contributed by atoms with Crippen LogP contribution in [0.2, 0.25) is 10.0 Å². The second kappa shape index (κ2) is 10.3. The third kappa shape index (κ3) is 5.49. The van der Waals surface area contributed by atoms with E-state index in [0.29, 0.717) is 58.2 Å². The molecule has 2 heterocycles. The minimum atomic E-state index is -3.38. The van der Waals surface area contributed by atoms with Gasteiger partial charge in [0.1, 0.15) is 16.2 Å². The van der Waals surface area contributed by atoms with Gasteiger partial charge in [-0.15, -0.1) is 11.3 Å². The van der Waals surface area contributed by atoms with E-state index in [1.165, 1.54) is 17.6 Å². The van der Waals surface area contributed by atoms with Crippen molar-refractivity contribution in [2.75, 3.05) is 24.8 Å². The quantitative estimate of drug-likeness (QED) is 0.261. The highest BCUT2D eigenvalue weighted by Gasteiger charge is 2.44. The van der Waals surface area contributed by atoms with Crippen molar-refractivity contribution >= 4 is 66.1 Å².